The molecule has 110 valence electrons. The monoisotopic (exact) mass is 288 g/mol. The van der Waals surface area contributed by atoms with E-state index < -0.39 is 0 Å². The molecule has 2 aliphatic rings. The number of nitrogens with zero attached hydrogens (tertiary/aromatic N) is 3. The largest absolute Gasteiger partial charge is 0.369 e. The lowest BCUT2D eigenvalue weighted by Crippen LogP contribution is -2.46. The first-order valence-corrected chi connectivity index (χ1v) is 7.18. The number of nitrogens with one attached hydrogen (secondary N) is 1. The van der Waals surface area contributed by atoms with Crippen molar-refractivity contribution in [1.82, 2.24) is 10.2 Å². The van der Waals surface area contributed by atoms with Gasteiger partial charge < -0.3 is 15.1 Å². The maximum Gasteiger partial charge on any atom is 0.317 e. The Kier molecular flexibility index (Phi) is 3.65. The van der Waals surface area contributed by atoms with E-state index in [1.54, 1.807) is 12.1 Å². The molecule has 0 radical (unpaired) electrons. The van der Waals surface area contributed by atoms with Gasteiger partial charge in [0.1, 0.15) is 5.82 Å². The van der Waals surface area contributed by atoms with Crippen molar-refractivity contribution in [2.45, 2.75) is 18.9 Å². The fourth-order valence-corrected chi connectivity index (χ4v) is 3.09. The number of piperidine rings is 1. The summed E-state index contributed by atoms with van der Waals surface area (Å²) in [4.78, 5) is 15.5. The molecule has 0 bridgehead atoms. The molecule has 21 heavy (non-hydrogen) atoms. The Morgan fingerprint density at radius 2 is 2.05 bits per heavy atom. The molecule has 2 amide bonds. The number of halogens is 1. The number of hydrogen-bond donors (Lipinski definition) is 1. The average Bonchev–Trinajstić information content (AvgIpc) is 2.93. The minimum absolute atomic E-state index is 0.0120. The summed E-state index contributed by atoms with van der Waals surface area (Å²) < 4.78 is 14.0. The Morgan fingerprint density at radius 3 is 2.62 bits per heavy atom. The van der Waals surface area contributed by atoms with Gasteiger partial charge in [0.25, 0.3) is 0 Å². The average molecular weight is 288 g/mol. The predicted octanol–water partition coefficient (Wildman–Crippen LogP) is 1.69. The molecular weight excluding hydrogens is 271 g/mol. The van der Waals surface area contributed by atoms with Gasteiger partial charge in [0, 0.05) is 32.2 Å². The van der Waals surface area contributed by atoms with Crippen LogP contribution in [0.3, 0.4) is 0 Å². The molecule has 1 aromatic rings. The van der Waals surface area contributed by atoms with Crippen LogP contribution in [0.15, 0.2) is 18.2 Å². The van der Waals surface area contributed by atoms with Gasteiger partial charge >= 0.3 is 6.03 Å². The summed E-state index contributed by atoms with van der Waals surface area (Å²) >= 11 is 0. The fraction of sp³-hybridized carbons (Fsp3) is 0.467. The van der Waals surface area contributed by atoms with Crippen LogP contribution < -0.4 is 10.2 Å². The molecule has 1 N–H and O–H groups in total. The van der Waals surface area contributed by atoms with E-state index in [0.717, 1.165) is 32.5 Å². The van der Waals surface area contributed by atoms with E-state index in [1.807, 2.05) is 15.9 Å². The van der Waals surface area contributed by atoms with Crippen molar-refractivity contribution in [2.75, 3.05) is 31.1 Å². The van der Waals surface area contributed by atoms with E-state index in [1.165, 1.54) is 6.07 Å². The van der Waals surface area contributed by atoms with Gasteiger partial charge in [0.15, 0.2) is 0 Å². The Bertz CT molecular complexity index is 590. The smallest absolute Gasteiger partial charge is 0.317 e. The van der Waals surface area contributed by atoms with Crippen molar-refractivity contribution in [3.63, 3.8) is 0 Å². The van der Waals surface area contributed by atoms with Crippen molar-refractivity contribution in [3.8, 4) is 6.07 Å². The summed E-state index contributed by atoms with van der Waals surface area (Å²) in [7, 11) is 0. The minimum Gasteiger partial charge on any atom is -0.369 e. The zero-order chi connectivity index (χ0) is 14.8. The van der Waals surface area contributed by atoms with Gasteiger partial charge in [-0.25, -0.2) is 9.18 Å². The van der Waals surface area contributed by atoms with Gasteiger partial charge in [-0.2, -0.15) is 5.26 Å². The van der Waals surface area contributed by atoms with E-state index in [0.29, 0.717) is 17.8 Å². The number of amides is 2. The van der Waals surface area contributed by atoms with Gasteiger partial charge in [-0.05, 0) is 31.0 Å². The van der Waals surface area contributed by atoms with E-state index in [9.17, 15) is 9.18 Å². The third-order valence-corrected chi connectivity index (χ3v) is 4.21. The fourth-order valence-electron chi connectivity index (χ4n) is 3.09. The predicted molar refractivity (Wildman–Crippen MR) is 76.5 cm³/mol. The van der Waals surface area contributed by atoms with Crippen molar-refractivity contribution in [1.29, 1.82) is 5.26 Å². The SMILES string of the molecule is N#Cc1ccc(N2CCC(N3CCNC3=O)CC2)c(F)c1. The van der Waals surface area contributed by atoms with Crippen LogP contribution in [0, 0.1) is 17.1 Å². The normalized spacial score (nSPS) is 19.5. The third kappa shape index (κ3) is 2.64. The van der Waals surface area contributed by atoms with Gasteiger partial charge in [-0.1, -0.05) is 0 Å². The molecule has 0 spiro atoms. The molecule has 2 fully saturated rings. The minimum atomic E-state index is -0.355. The van der Waals surface area contributed by atoms with E-state index >= 15 is 0 Å². The number of benzene rings is 1. The van der Waals surface area contributed by atoms with Crippen molar-refractivity contribution >= 4 is 11.7 Å². The molecule has 0 aliphatic carbocycles. The number of rotatable bonds is 2. The Hall–Kier alpha value is -2.29. The van der Waals surface area contributed by atoms with Crippen molar-refractivity contribution < 1.29 is 9.18 Å². The highest BCUT2D eigenvalue weighted by atomic mass is 19.1. The molecular formula is C15H17FN4O. The van der Waals surface area contributed by atoms with Crippen LogP contribution in [-0.2, 0) is 0 Å². The molecule has 5 nitrogen and oxygen atoms in total. The summed E-state index contributed by atoms with van der Waals surface area (Å²) in [6.45, 7) is 2.91. The number of nitriles is 1. The zero-order valence-electron chi connectivity index (χ0n) is 11.7. The van der Waals surface area contributed by atoms with Crippen LogP contribution >= 0.6 is 0 Å². The van der Waals surface area contributed by atoms with Crippen LogP contribution in [0.1, 0.15) is 18.4 Å². The lowest BCUT2D eigenvalue weighted by atomic mass is 10.0. The topological polar surface area (TPSA) is 59.4 Å². The van der Waals surface area contributed by atoms with Crippen LogP contribution in [0.2, 0.25) is 0 Å². The van der Waals surface area contributed by atoms with E-state index in [4.69, 9.17) is 5.26 Å². The summed E-state index contributed by atoms with van der Waals surface area (Å²) in [5, 5.41) is 11.6. The standard InChI is InChI=1S/C15H17FN4O/c16-13-9-11(10-17)1-2-14(13)19-6-3-12(4-7-19)20-8-5-18-15(20)21/h1-2,9,12H,3-8H2,(H,18,21). The number of anilines is 1. The number of carbonyl (C=O) groups excluding carboxylic acids is 1. The Labute approximate surface area is 122 Å². The summed E-state index contributed by atoms with van der Waals surface area (Å²) in [6.07, 6.45) is 1.68. The molecule has 1 aromatic carbocycles. The quantitative estimate of drug-likeness (QED) is 0.901. The summed E-state index contributed by atoms with van der Waals surface area (Å²) in [5.41, 5.74) is 0.873. The highest BCUT2D eigenvalue weighted by Gasteiger charge is 2.31. The number of urea groups is 1. The maximum atomic E-state index is 14.0. The molecule has 0 aromatic heterocycles. The van der Waals surface area contributed by atoms with Crippen molar-refractivity contribution in [2.24, 2.45) is 0 Å². The first kappa shape index (κ1) is 13.7. The molecule has 2 aliphatic heterocycles. The molecule has 0 atom stereocenters. The molecule has 3 rings (SSSR count). The number of carbonyl (C=O) groups is 1. The molecule has 0 unspecified atom stereocenters. The highest BCUT2D eigenvalue weighted by molar-refractivity contribution is 5.76. The summed E-state index contributed by atoms with van der Waals surface area (Å²) in [5.74, 6) is -0.355. The first-order chi connectivity index (χ1) is 10.2. The van der Waals surface area contributed by atoms with Gasteiger partial charge in [-0.3, -0.25) is 0 Å². The molecule has 2 saturated heterocycles. The lowest BCUT2D eigenvalue weighted by molar-refractivity contribution is 0.186. The zero-order valence-corrected chi connectivity index (χ0v) is 11.7. The van der Waals surface area contributed by atoms with E-state index in [2.05, 4.69) is 5.32 Å². The molecule has 6 heteroatoms. The van der Waals surface area contributed by atoms with Crippen LogP contribution in [0.4, 0.5) is 14.9 Å². The second-order valence-corrected chi connectivity index (χ2v) is 5.42. The van der Waals surface area contributed by atoms with Gasteiger partial charge in [0.2, 0.25) is 0 Å². The van der Waals surface area contributed by atoms with Crippen LogP contribution in [-0.4, -0.2) is 43.2 Å². The van der Waals surface area contributed by atoms with E-state index in [-0.39, 0.29) is 17.9 Å². The van der Waals surface area contributed by atoms with Gasteiger partial charge in [0.05, 0.1) is 17.3 Å². The van der Waals surface area contributed by atoms with Gasteiger partial charge in [-0.15, -0.1) is 0 Å². The van der Waals surface area contributed by atoms with Crippen LogP contribution in [0.5, 0.6) is 0 Å². The lowest BCUT2D eigenvalue weighted by Gasteiger charge is -2.37. The van der Waals surface area contributed by atoms with Crippen molar-refractivity contribution in [3.05, 3.63) is 29.6 Å². The highest BCUT2D eigenvalue weighted by Crippen LogP contribution is 2.26. The Balaban J connectivity index is 1.66. The summed E-state index contributed by atoms with van der Waals surface area (Å²) in [6, 6.07) is 6.76. The first-order valence-electron chi connectivity index (χ1n) is 7.18. The van der Waals surface area contributed by atoms with Crippen LogP contribution in [0.25, 0.3) is 0 Å². The molecule has 2 heterocycles. The second-order valence-electron chi connectivity index (χ2n) is 5.42. The second kappa shape index (κ2) is 5.60. The third-order valence-electron chi connectivity index (χ3n) is 4.21. The maximum absolute atomic E-state index is 14.0. The molecule has 0 saturated carbocycles. The number of hydrogen-bond acceptors (Lipinski definition) is 3. The Morgan fingerprint density at radius 1 is 1.29 bits per heavy atom.